The number of alkyl halides is 2. The third-order valence-electron chi connectivity index (χ3n) is 1.29. The Balaban J connectivity index is 3.32. The van der Waals surface area contributed by atoms with Crippen LogP contribution in [0.3, 0.4) is 0 Å². The molecule has 0 saturated carbocycles. The molecule has 1 aromatic heterocycles. The standard InChI is InChI=1S/C7H3BrF2INO/c8-4-1-3(2-13)12-6(5(4)11)7(9)10/h1-2,7H. The van der Waals surface area contributed by atoms with Gasteiger partial charge in [0.05, 0.1) is 3.57 Å². The normalized spacial score (nSPS) is 10.5. The van der Waals surface area contributed by atoms with Crippen LogP contribution >= 0.6 is 38.5 Å². The van der Waals surface area contributed by atoms with E-state index in [-0.39, 0.29) is 11.4 Å². The number of aromatic nitrogens is 1. The lowest BCUT2D eigenvalue weighted by molar-refractivity contribution is 0.111. The quantitative estimate of drug-likeness (QED) is 0.598. The lowest BCUT2D eigenvalue weighted by atomic mass is 10.3. The second-order valence-corrected chi connectivity index (χ2v) is 4.08. The number of hydrogen-bond acceptors (Lipinski definition) is 2. The third kappa shape index (κ3) is 2.43. The number of hydrogen-bond donors (Lipinski definition) is 0. The van der Waals surface area contributed by atoms with Crippen molar-refractivity contribution in [1.82, 2.24) is 4.98 Å². The highest BCUT2D eigenvalue weighted by molar-refractivity contribution is 14.1. The third-order valence-corrected chi connectivity index (χ3v) is 3.79. The van der Waals surface area contributed by atoms with E-state index < -0.39 is 6.43 Å². The molecule has 0 atom stereocenters. The first kappa shape index (κ1) is 11.0. The fourth-order valence-electron chi connectivity index (χ4n) is 0.741. The minimum absolute atomic E-state index is 0.00240. The molecule has 0 bridgehead atoms. The number of pyridine rings is 1. The lowest BCUT2D eigenvalue weighted by Gasteiger charge is -2.04. The first-order valence-electron chi connectivity index (χ1n) is 3.15. The molecule has 2 nitrogen and oxygen atoms in total. The summed E-state index contributed by atoms with van der Waals surface area (Å²) in [5.41, 5.74) is -0.361. The van der Waals surface area contributed by atoms with Gasteiger partial charge >= 0.3 is 0 Å². The van der Waals surface area contributed by atoms with Crippen molar-refractivity contribution in [3.05, 3.63) is 25.5 Å². The maximum absolute atomic E-state index is 12.3. The highest BCUT2D eigenvalue weighted by Gasteiger charge is 2.16. The summed E-state index contributed by atoms with van der Waals surface area (Å²) in [6.45, 7) is 0. The maximum atomic E-state index is 12.3. The van der Waals surface area contributed by atoms with Crippen LogP contribution in [0, 0.1) is 3.57 Å². The highest BCUT2D eigenvalue weighted by Crippen LogP contribution is 2.28. The summed E-state index contributed by atoms with van der Waals surface area (Å²) in [4.78, 5) is 13.8. The van der Waals surface area contributed by atoms with Crippen LogP contribution in [0.5, 0.6) is 0 Å². The molecule has 1 aromatic rings. The van der Waals surface area contributed by atoms with Crippen LogP contribution in [0.1, 0.15) is 22.6 Å². The molecule has 0 fully saturated rings. The number of rotatable bonds is 2. The summed E-state index contributed by atoms with van der Waals surface area (Å²) in [5.74, 6) is 0. The molecule has 0 N–H and O–H groups in total. The van der Waals surface area contributed by atoms with Gasteiger partial charge in [-0.1, -0.05) is 0 Å². The second-order valence-electron chi connectivity index (χ2n) is 2.15. The van der Waals surface area contributed by atoms with E-state index in [1.54, 1.807) is 22.6 Å². The zero-order valence-electron chi connectivity index (χ0n) is 6.10. The Morgan fingerprint density at radius 3 is 2.69 bits per heavy atom. The Morgan fingerprint density at radius 1 is 1.62 bits per heavy atom. The van der Waals surface area contributed by atoms with E-state index in [1.807, 2.05) is 0 Å². The van der Waals surface area contributed by atoms with Crippen molar-refractivity contribution in [1.29, 1.82) is 0 Å². The summed E-state index contributed by atoms with van der Waals surface area (Å²) in [6, 6.07) is 1.40. The number of halogens is 4. The molecule has 0 radical (unpaired) electrons. The van der Waals surface area contributed by atoms with Crippen LogP contribution in [0.2, 0.25) is 0 Å². The van der Waals surface area contributed by atoms with E-state index in [0.29, 0.717) is 14.3 Å². The summed E-state index contributed by atoms with van der Waals surface area (Å²) in [5, 5.41) is 0. The number of aldehydes is 1. The van der Waals surface area contributed by atoms with Crippen LogP contribution < -0.4 is 0 Å². The topological polar surface area (TPSA) is 30.0 Å². The van der Waals surface area contributed by atoms with Gasteiger partial charge in [0, 0.05) is 4.47 Å². The monoisotopic (exact) mass is 361 g/mol. The van der Waals surface area contributed by atoms with Gasteiger partial charge in [-0.15, -0.1) is 0 Å². The van der Waals surface area contributed by atoms with Gasteiger partial charge in [-0.2, -0.15) is 0 Å². The molecule has 0 aliphatic heterocycles. The summed E-state index contributed by atoms with van der Waals surface area (Å²) >= 11 is 4.81. The van der Waals surface area contributed by atoms with Crippen LogP contribution in [-0.4, -0.2) is 11.3 Å². The van der Waals surface area contributed by atoms with Crippen LogP contribution in [0.4, 0.5) is 8.78 Å². The van der Waals surface area contributed by atoms with E-state index in [2.05, 4.69) is 20.9 Å². The average molecular weight is 362 g/mol. The summed E-state index contributed by atoms with van der Waals surface area (Å²) in [6.07, 6.45) is -2.23. The lowest BCUT2D eigenvalue weighted by Crippen LogP contribution is -1.99. The molecule has 0 amide bonds. The first-order valence-corrected chi connectivity index (χ1v) is 5.02. The first-order chi connectivity index (χ1) is 6.06. The van der Waals surface area contributed by atoms with Crippen molar-refractivity contribution in [3.63, 3.8) is 0 Å². The van der Waals surface area contributed by atoms with Crippen LogP contribution in [0.25, 0.3) is 0 Å². The van der Waals surface area contributed by atoms with Crippen molar-refractivity contribution < 1.29 is 13.6 Å². The smallest absolute Gasteiger partial charge is 0.281 e. The number of carbonyl (C=O) groups excluding carboxylic acids is 1. The molecule has 6 heteroatoms. The minimum atomic E-state index is -2.66. The average Bonchev–Trinajstić information content (AvgIpc) is 2.09. The molecule has 1 heterocycles. The van der Waals surface area contributed by atoms with E-state index in [1.165, 1.54) is 6.07 Å². The van der Waals surface area contributed by atoms with Gasteiger partial charge in [0.15, 0.2) is 6.29 Å². The molecule has 0 saturated heterocycles. The van der Waals surface area contributed by atoms with Crippen molar-refractivity contribution >= 4 is 44.8 Å². The molecule has 1 rings (SSSR count). The van der Waals surface area contributed by atoms with E-state index in [4.69, 9.17) is 0 Å². The Hall–Kier alpha value is -0.110. The maximum Gasteiger partial charge on any atom is 0.281 e. The molecule has 13 heavy (non-hydrogen) atoms. The summed E-state index contributed by atoms with van der Waals surface area (Å²) in [7, 11) is 0. The van der Waals surface area contributed by atoms with Gasteiger partial charge in [-0.3, -0.25) is 4.79 Å². The largest absolute Gasteiger partial charge is 0.296 e. The molecule has 0 spiro atoms. The number of nitrogens with zero attached hydrogens (tertiary/aromatic N) is 1. The molecule has 0 aliphatic carbocycles. The zero-order valence-corrected chi connectivity index (χ0v) is 9.84. The van der Waals surface area contributed by atoms with Gasteiger partial charge in [-0.05, 0) is 44.6 Å². The summed E-state index contributed by atoms with van der Waals surface area (Å²) < 4.78 is 25.4. The molecular weight excluding hydrogens is 359 g/mol. The second kappa shape index (κ2) is 4.41. The van der Waals surface area contributed by atoms with Gasteiger partial charge < -0.3 is 0 Å². The molecule has 0 unspecified atom stereocenters. The molecule has 70 valence electrons. The number of carbonyl (C=O) groups is 1. The van der Waals surface area contributed by atoms with Gasteiger partial charge in [0.25, 0.3) is 6.43 Å². The molecule has 0 aliphatic rings. The fourth-order valence-corrected chi connectivity index (χ4v) is 1.69. The van der Waals surface area contributed by atoms with E-state index in [9.17, 15) is 13.6 Å². The van der Waals surface area contributed by atoms with Crippen LogP contribution in [0.15, 0.2) is 10.5 Å². The van der Waals surface area contributed by atoms with Crippen molar-refractivity contribution in [2.45, 2.75) is 6.43 Å². The Bertz CT molecular complexity index is 346. The SMILES string of the molecule is O=Cc1cc(Br)c(I)c(C(F)F)n1. The van der Waals surface area contributed by atoms with Gasteiger partial charge in [0.2, 0.25) is 0 Å². The minimum Gasteiger partial charge on any atom is -0.296 e. The Labute approximate surface area is 95.0 Å². The molecular formula is C7H3BrF2INO. The predicted molar refractivity (Wildman–Crippen MR) is 55.0 cm³/mol. The van der Waals surface area contributed by atoms with Gasteiger partial charge in [-0.25, -0.2) is 13.8 Å². The zero-order chi connectivity index (χ0) is 10.0. The molecule has 0 aromatic carbocycles. The van der Waals surface area contributed by atoms with Crippen LogP contribution in [-0.2, 0) is 0 Å². The Morgan fingerprint density at radius 2 is 2.23 bits per heavy atom. The fraction of sp³-hybridized carbons (Fsp3) is 0.143. The van der Waals surface area contributed by atoms with E-state index in [0.717, 1.165) is 0 Å². The van der Waals surface area contributed by atoms with Crippen molar-refractivity contribution in [2.24, 2.45) is 0 Å². The van der Waals surface area contributed by atoms with Gasteiger partial charge in [0.1, 0.15) is 11.4 Å². The van der Waals surface area contributed by atoms with E-state index >= 15 is 0 Å². The predicted octanol–water partition coefficient (Wildman–Crippen LogP) is 3.20. The Kier molecular flexibility index (Phi) is 3.72. The van der Waals surface area contributed by atoms with Crippen molar-refractivity contribution in [3.8, 4) is 0 Å². The van der Waals surface area contributed by atoms with Crippen molar-refractivity contribution in [2.75, 3.05) is 0 Å². The highest BCUT2D eigenvalue weighted by atomic mass is 127.